The van der Waals surface area contributed by atoms with Gasteiger partial charge in [0.05, 0.1) is 4.92 Å². The van der Waals surface area contributed by atoms with Gasteiger partial charge in [0.1, 0.15) is 11.4 Å². The van der Waals surface area contributed by atoms with E-state index in [2.05, 4.69) is 31.2 Å². The molecule has 0 radical (unpaired) electrons. The van der Waals surface area contributed by atoms with Crippen LogP contribution in [0.15, 0.2) is 22.7 Å². The Morgan fingerprint density at radius 3 is 2.62 bits per heavy atom. The van der Waals surface area contributed by atoms with E-state index in [0.29, 0.717) is 5.75 Å². The van der Waals surface area contributed by atoms with Crippen molar-refractivity contribution < 1.29 is 9.66 Å². The molecule has 7 nitrogen and oxygen atoms in total. The Bertz CT molecular complexity index is 706. The fourth-order valence-corrected chi connectivity index (χ4v) is 2.24. The first-order valence-electron chi connectivity index (χ1n) is 6.07. The Hall–Kier alpha value is -2.22. The summed E-state index contributed by atoms with van der Waals surface area (Å²) in [5, 5.41) is 13.9. The molecule has 1 aromatic heterocycles. The maximum Gasteiger partial charge on any atom is 0.352 e. The van der Waals surface area contributed by atoms with Crippen LogP contribution in [0.1, 0.15) is 11.3 Å². The summed E-state index contributed by atoms with van der Waals surface area (Å²) in [7, 11) is 1.63. The number of rotatable bonds is 4. The predicted octanol–water partition coefficient (Wildman–Crippen LogP) is 3.60. The van der Waals surface area contributed by atoms with Gasteiger partial charge in [0.25, 0.3) is 0 Å². The highest BCUT2D eigenvalue weighted by Gasteiger charge is 2.24. The average molecular weight is 353 g/mol. The van der Waals surface area contributed by atoms with Gasteiger partial charge in [-0.2, -0.15) is 4.98 Å². The maximum atomic E-state index is 11.2. The van der Waals surface area contributed by atoms with Crippen molar-refractivity contribution in [1.82, 2.24) is 9.97 Å². The summed E-state index contributed by atoms with van der Waals surface area (Å²) < 4.78 is 6.53. The highest BCUT2D eigenvalue weighted by Crippen LogP contribution is 2.34. The highest BCUT2D eigenvalue weighted by atomic mass is 79.9. The summed E-state index contributed by atoms with van der Waals surface area (Å²) >= 11 is 3.35. The van der Waals surface area contributed by atoms with E-state index in [-0.39, 0.29) is 23.2 Å². The van der Waals surface area contributed by atoms with Gasteiger partial charge in [0.2, 0.25) is 5.95 Å². The van der Waals surface area contributed by atoms with Crippen molar-refractivity contribution in [2.45, 2.75) is 13.8 Å². The number of anilines is 1. The van der Waals surface area contributed by atoms with Gasteiger partial charge < -0.3 is 10.1 Å². The van der Waals surface area contributed by atoms with Crippen LogP contribution in [-0.4, -0.2) is 21.9 Å². The van der Waals surface area contributed by atoms with Crippen LogP contribution in [0.2, 0.25) is 0 Å². The van der Waals surface area contributed by atoms with E-state index in [9.17, 15) is 10.1 Å². The highest BCUT2D eigenvalue weighted by molar-refractivity contribution is 9.10. The molecule has 0 aliphatic heterocycles. The molecule has 1 heterocycles. The maximum absolute atomic E-state index is 11.2. The summed E-state index contributed by atoms with van der Waals surface area (Å²) in [4.78, 5) is 18.7. The van der Waals surface area contributed by atoms with Crippen molar-refractivity contribution in [2.24, 2.45) is 0 Å². The molecule has 0 unspecified atom stereocenters. The largest absolute Gasteiger partial charge is 0.433 e. The zero-order chi connectivity index (χ0) is 15.6. The van der Waals surface area contributed by atoms with Gasteiger partial charge in [0.15, 0.2) is 0 Å². The van der Waals surface area contributed by atoms with Crippen molar-refractivity contribution >= 4 is 27.6 Å². The van der Waals surface area contributed by atoms with Gasteiger partial charge in [-0.05, 0) is 37.6 Å². The number of nitrogens with one attached hydrogen (secondary N) is 1. The molecule has 1 N–H and O–H groups in total. The monoisotopic (exact) mass is 352 g/mol. The summed E-state index contributed by atoms with van der Waals surface area (Å²) in [5.74, 6) is 0.687. The van der Waals surface area contributed by atoms with Crippen LogP contribution in [0, 0.1) is 24.0 Å². The Morgan fingerprint density at radius 2 is 2.05 bits per heavy atom. The summed E-state index contributed by atoms with van der Waals surface area (Å²) in [6.45, 7) is 3.39. The Balaban J connectivity index is 2.51. The lowest BCUT2D eigenvalue weighted by molar-refractivity contribution is -0.386. The van der Waals surface area contributed by atoms with Crippen LogP contribution in [0.5, 0.6) is 11.6 Å². The lowest BCUT2D eigenvalue weighted by Gasteiger charge is -2.10. The van der Waals surface area contributed by atoms with E-state index in [0.717, 1.165) is 10.0 Å². The molecule has 0 amide bonds. The molecule has 0 aliphatic rings. The van der Waals surface area contributed by atoms with E-state index in [1.165, 1.54) is 0 Å². The summed E-state index contributed by atoms with van der Waals surface area (Å²) in [6, 6.07) is 5.37. The molecule has 0 saturated heterocycles. The van der Waals surface area contributed by atoms with Crippen LogP contribution in [0.4, 0.5) is 11.6 Å². The van der Waals surface area contributed by atoms with Crippen molar-refractivity contribution in [3.63, 3.8) is 0 Å². The normalized spacial score (nSPS) is 10.3. The Morgan fingerprint density at radius 1 is 1.33 bits per heavy atom. The van der Waals surface area contributed by atoms with E-state index in [1.54, 1.807) is 26.1 Å². The van der Waals surface area contributed by atoms with Crippen molar-refractivity contribution in [3.8, 4) is 11.6 Å². The number of nitro groups is 1. The minimum atomic E-state index is -0.543. The summed E-state index contributed by atoms with van der Waals surface area (Å²) in [5.41, 5.74) is 0.835. The molecule has 2 rings (SSSR count). The number of aryl methyl sites for hydroxylation is 2. The van der Waals surface area contributed by atoms with E-state index >= 15 is 0 Å². The zero-order valence-corrected chi connectivity index (χ0v) is 13.3. The Labute approximate surface area is 129 Å². The second kappa shape index (κ2) is 6.04. The molecule has 0 saturated carbocycles. The second-order valence-electron chi connectivity index (χ2n) is 4.31. The first kappa shape index (κ1) is 15.2. The average Bonchev–Trinajstić information content (AvgIpc) is 2.40. The number of halogens is 1. The van der Waals surface area contributed by atoms with Crippen molar-refractivity contribution in [3.05, 3.63) is 44.0 Å². The quantitative estimate of drug-likeness (QED) is 0.667. The van der Waals surface area contributed by atoms with E-state index < -0.39 is 4.92 Å². The first-order valence-corrected chi connectivity index (χ1v) is 6.86. The van der Waals surface area contributed by atoms with Gasteiger partial charge in [-0.25, -0.2) is 4.98 Å². The fourth-order valence-electron chi connectivity index (χ4n) is 1.77. The third kappa shape index (κ3) is 3.27. The first-order chi connectivity index (χ1) is 9.92. The minimum Gasteiger partial charge on any atom is -0.433 e. The fraction of sp³-hybridized carbons (Fsp3) is 0.231. The molecule has 21 heavy (non-hydrogen) atoms. The number of hydrogen-bond acceptors (Lipinski definition) is 6. The molecule has 8 heteroatoms. The van der Waals surface area contributed by atoms with Gasteiger partial charge >= 0.3 is 11.6 Å². The third-order valence-electron chi connectivity index (χ3n) is 2.78. The standard InChI is InChI=1S/C13H13BrN4O3/c1-7-6-9(14)4-5-10(7)21-12-11(18(19)20)8(2)16-13(15-3)17-12/h4-6H,1-3H3,(H,15,16,17). The molecule has 0 fully saturated rings. The van der Waals surface area contributed by atoms with Crippen molar-refractivity contribution in [1.29, 1.82) is 0 Å². The molecular weight excluding hydrogens is 340 g/mol. The zero-order valence-electron chi connectivity index (χ0n) is 11.7. The van der Waals surface area contributed by atoms with Gasteiger partial charge in [-0.1, -0.05) is 15.9 Å². The SMILES string of the molecule is CNc1nc(C)c([N+](=O)[O-])c(Oc2ccc(Br)cc2C)n1. The van der Waals surface area contributed by atoms with E-state index in [4.69, 9.17) is 4.74 Å². The molecule has 0 atom stereocenters. The smallest absolute Gasteiger partial charge is 0.352 e. The van der Waals surface area contributed by atoms with Crippen LogP contribution < -0.4 is 10.1 Å². The van der Waals surface area contributed by atoms with Crippen LogP contribution in [-0.2, 0) is 0 Å². The summed E-state index contributed by atoms with van der Waals surface area (Å²) in [6.07, 6.45) is 0. The number of benzene rings is 1. The molecular formula is C13H13BrN4O3. The Kier molecular flexibility index (Phi) is 4.37. The van der Waals surface area contributed by atoms with Gasteiger partial charge in [-0.15, -0.1) is 0 Å². The number of aromatic nitrogens is 2. The lowest BCUT2D eigenvalue weighted by atomic mass is 10.2. The number of hydrogen-bond donors (Lipinski definition) is 1. The van der Waals surface area contributed by atoms with Gasteiger partial charge in [-0.3, -0.25) is 10.1 Å². The minimum absolute atomic E-state index is 0.0812. The van der Waals surface area contributed by atoms with Crippen LogP contribution in [0.3, 0.4) is 0 Å². The molecule has 0 spiro atoms. The third-order valence-corrected chi connectivity index (χ3v) is 3.27. The predicted molar refractivity (Wildman–Crippen MR) is 81.9 cm³/mol. The number of nitrogens with zero attached hydrogens (tertiary/aromatic N) is 3. The molecule has 0 aliphatic carbocycles. The van der Waals surface area contributed by atoms with Crippen LogP contribution in [0.25, 0.3) is 0 Å². The second-order valence-corrected chi connectivity index (χ2v) is 5.22. The lowest BCUT2D eigenvalue weighted by Crippen LogP contribution is -2.05. The van der Waals surface area contributed by atoms with Crippen molar-refractivity contribution in [2.75, 3.05) is 12.4 Å². The van der Waals surface area contributed by atoms with Crippen LogP contribution >= 0.6 is 15.9 Å². The molecule has 1 aromatic carbocycles. The number of ether oxygens (including phenoxy) is 1. The topological polar surface area (TPSA) is 90.2 Å². The molecule has 110 valence electrons. The molecule has 0 bridgehead atoms. The van der Waals surface area contributed by atoms with Gasteiger partial charge in [0, 0.05) is 11.5 Å². The molecule has 2 aromatic rings. The van der Waals surface area contributed by atoms with E-state index in [1.807, 2.05) is 13.0 Å².